The fourth-order valence-corrected chi connectivity index (χ4v) is 1.74. The van der Waals surface area contributed by atoms with Gasteiger partial charge in [0.2, 0.25) is 0 Å². The monoisotopic (exact) mass is 224 g/mol. The SMILES string of the molecule is O=C(CCC1CC1)Cc1ccc(F)c(F)c1. The Hall–Kier alpha value is -1.25. The third-order valence-corrected chi connectivity index (χ3v) is 2.91. The van der Waals surface area contributed by atoms with Gasteiger partial charge in [-0.2, -0.15) is 0 Å². The maximum absolute atomic E-state index is 12.9. The summed E-state index contributed by atoms with van der Waals surface area (Å²) in [4.78, 5) is 11.5. The first-order chi connectivity index (χ1) is 7.65. The number of hydrogen-bond donors (Lipinski definition) is 0. The standard InChI is InChI=1S/C13H14F2O/c14-12-6-4-10(8-13(12)15)7-11(16)5-3-9-1-2-9/h4,6,8-9H,1-3,5,7H2. The molecule has 0 bridgehead atoms. The van der Waals surface area contributed by atoms with E-state index >= 15 is 0 Å². The van der Waals surface area contributed by atoms with Crippen LogP contribution in [-0.2, 0) is 11.2 Å². The van der Waals surface area contributed by atoms with E-state index in [1.54, 1.807) is 0 Å². The van der Waals surface area contributed by atoms with Gasteiger partial charge in [0.05, 0.1) is 0 Å². The first-order valence-electron chi connectivity index (χ1n) is 5.61. The molecule has 1 aromatic rings. The van der Waals surface area contributed by atoms with Gasteiger partial charge in [-0.3, -0.25) is 4.79 Å². The second-order valence-electron chi connectivity index (χ2n) is 4.45. The van der Waals surface area contributed by atoms with Gasteiger partial charge in [0.15, 0.2) is 11.6 Å². The molecule has 1 aromatic carbocycles. The largest absolute Gasteiger partial charge is 0.299 e. The highest BCUT2D eigenvalue weighted by atomic mass is 19.2. The molecule has 1 aliphatic rings. The van der Waals surface area contributed by atoms with Gasteiger partial charge in [-0.15, -0.1) is 0 Å². The summed E-state index contributed by atoms with van der Waals surface area (Å²) in [5, 5.41) is 0. The number of carbonyl (C=O) groups is 1. The molecular weight excluding hydrogens is 210 g/mol. The van der Waals surface area contributed by atoms with Gasteiger partial charge in [-0.05, 0) is 30.0 Å². The van der Waals surface area contributed by atoms with Crippen LogP contribution in [0.25, 0.3) is 0 Å². The zero-order valence-electron chi connectivity index (χ0n) is 9.01. The lowest BCUT2D eigenvalue weighted by molar-refractivity contribution is -0.118. The zero-order valence-corrected chi connectivity index (χ0v) is 9.01. The summed E-state index contributed by atoms with van der Waals surface area (Å²) in [6.45, 7) is 0. The molecule has 0 saturated heterocycles. The quantitative estimate of drug-likeness (QED) is 0.750. The van der Waals surface area contributed by atoms with Crippen LogP contribution in [0.15, 0.2) is 18.2 Å². The second kappa shape index (κ2) is 4.73. The van der Waals surface area contributed by atoms with Gasteiger partial charge in [0.25, 0.3) is 0 Å². The fourth-order valence-electron chi connectivity index (χ4n) is 1.74. The number of Topliss-reactive ketones (excluding diaryl/α,β-unsaturated/α-hetero) is 1. The molecule has 0 spiro atoms. The molecule has 1 saturated carbocycles. The Morgan fingerprint density at radius 1 is 1.25 bits per heavy atom. The highest BCUT2D eigenvalue weighted by Gasteiger charge is 2.21. The molecule has 86 valence electrons. The van der Waals surface area contributed by atoms with Crippen molar-refractivity contribution < 1.29 is 13.6 Å². The molecule has 0 heterocycles. The molecule has 0 N–H and O–H groups in total. The highest BCUT2D eigenvalue weighted by molar-refractivity contribution is 5.80. The van der Waals surface area contributed by atoms with Crippen molar-refractivity contribution in [2.45, 2.75) is 32.1 Å². The summed E-state index contributed by atoms with van der Waals surface area (Å²) in [6.07, 6.45) is 4.19. The van der Waals surface area contributed by atoms with E-state index in [1.165, 1.54) is 18.9 Å². The molecule has 1 aliphatic carbocycles. The predicted octanol–water partition coefficient (Wildman–Crippen LogP) is 3.27. The van der Waals surface area contributed by atoms with E-state index in [4.69, 9.17) is 0 Å². The maximum atomic E-state index is 12.9. The normalized spacial score (nSPS) is 15.1. The number of carbonyl (C=O) groups excluding carboxylic acids is 1. The lowest BCUT2D eigenvalue weighted by Gasteiger charge is -2.01. The van der Waals surface area contributed by atoms with Crippen molar-refractivity contribution in [3.63, 3.8) is 0 Å². The summed E-state index contributed by atoms with van der Waals surface area (Å²) in [5.41, 5.74) is 0.555. The van der Waals surface area contributed by atoms with E-state index in [-0.39, 0.29) is 12.2 Å². The molecule has 16 heavy (non-hydrogen) atoms. The van der Waals surface area contributed by atoms with Crippen molar-refractivity contribution in [3.05, 3.63) is 35.4 Å². The van der Waals surface area contributed by atoms with Gasteiger partial charge in [0, 0.05) is 12.8 Å². The third-order valence-electron chi connectivity index (χ3n) is 2.91. The number of benzene rings is 1. The molecule has 2 rings (SSSR count). The van der Waals surface area contributed by atoms with Crippen LogP contribution in [-0.4, -0.2) is 5.78 Å². The number of halogens is 2. The van der Waals surface area contributed by atoms with E-state index < -0.39 is 11.6 Å². The second-order valence-corrected chi connectivity index (χ2v) is 4.45. The van der Waals surface area contributed by atoms with Crippen molar-refractivity contribution in [1.82, 2.24) is 0 Å². The lowest BCUT2D eigenvalue weighted by atomic mass is 10.0. The van der Waals surface area contributed by atoms with Crippen molar-refractivity contribution in [3.8, 4) is 0 Å². The Kier molecular flexibility index (Phi) is 3.32. The van der Waals surface area contributed by atoms with Crippen LogP contribution in [0.3, 0.4) is 0 Å². The fraction of sp³-hybridized carbons (Fsp3) is 0.462. The van der Waals surface area contributed by atoms with Crippen molar-refractivity contribution >= 4 is 5.78 Å². The van der Waals surface area contributed by atoms with E-state index in [0.717, 1.165) is 24.5 Å². The van der Waals surface area contributed by atoms with Crippen LogP contribution in [0, 0.1) is 17.6 Å². The summed E-state index contributed by atoms with van der Waals surface area (Å²) < 4.78 is 25.5. The molecule has 0 amide bonds. The molecule has 0 aliphatic heterocycles. The molecule has 3 heteroatoms. The van der Waals surface area contributed by atoms with Gasteiger partial charge >= 0.3 is 0 Å². The van der Waals surface area contributed by atoms with Crippen molar-refractivity contribution in [2.75, 3.05) is 0 Å². The van der Waals surface area contributed by atoms with Gasteiger partial charge in [0.1, 0.15) is 5.78 Å². The summed E-state index contributed by atoms with van der Waals surface area (Å²) in [7, 11) is 0. The first kappa shape index (κ1) is 11.2. The topological polar surface area (TPSA) is 17.1 Å². The van der Waals surface area contributed by atoms with E-state index in [9.17, 15) is 13.6 Å². The van der Waals surface area contributed by atoms with E-state index in [1.807, 2.05) is 0 Å². The number of hydrogen-bond acceptors (Lipinski definition) is 1. The van der Waals surface area contributed by atoms with Gasteiger partial charge in [-0.25, -0.2) is 8.78 Å². The van der Waals surface area contributed by atoms with Crippen LogP contribution in [0.1, 0.15) is 31.2 Å². The Bertz CT molecular complexity index is 397. The van der Waals surface area contributed by atoms with Crippen LogP contribution >= 0.6 is 0 Å². The minimum atomic E-state index is -0.882. The Labute approximate surface area is 93.5 Å². The van der Waals surface area contributed by atoms with Crippen LogP contribution < -0.4 is 0 Å². The van der Waals surface area contributed by atoms with Crippen molar-refractivity contribution in [1.29, 1.82) is 0 Å². The molecule has 0 aromatic heterocycles. The molecule has 1 fully saturated rings. The van der Waals surface area contributed by atoms with Gasteiger partial charge in [-0.1, -0.05) is 18.9 Å². The Balaban J connectivity index is 1.86. The van der Waals surface area contributed by atoms with E-state index in [2.05, 4.69) is 0 Å². The highest BCUT2D eigenvalue weighted by Crippen LogP contribution is 2.33. The molecule has 0 unspecified atom stereocenters. The Morgan fingerprint density at radius 2 is 2.00 bits per heavy atom. The predicted molar refractivity (Wildman–Crippen MR) is 57.0 cm³/mol. The van der Waals surface area contributed by atoms with E-state index in [0.29, 0.717) is 12.0 Å². The smallest absolute Gasteiger partial charge is 0.159 e. The summed E-state index contributed by atoms with van der Waals surface area (Å²) in [6, 6.07) is 3.64. The minimum Gasteiger partial charge on any atom is -0.299 e. The lowest BCUT2D eigenvalue weighted by Crippen LogP contribution is -2.03. The van der Waals surface area contributed by atoms with Crippen LogP contribution in [0.4, 0.5) is 8.78 Å². The molecule has 0 radical (unpaired) electrons. The van der Waals surface area contributed by atoms with Crippen molar-refractivity contribution in [2.24, 2.45) is 5.92 Å². The average molecular weight is 224 g/mol. The Morgan fingerprint density at radius 3 is 2.62 bits per heavy atom. The average Bonchev–Trinajstić information content (AvgIpc) is 3.04. The third kappa shape index (κ3) is 3.12. The molecule has 1 nitrogen and oxygen atoms in total. The molecular formula is C13H14F2O. The number of rotatable bonds is 5. The summed E-state index contributed by atoms with van der Waals surface area (Å²) >= 11 is 0. The van der Waals surface area contributed by atoms with Crippen LogP contribution in [0.5, 0.6) is 0 Å². The van der Waals surface area contributed by atoms with Gasteiger partial charge < -0.3 is 0 Å². The van der Waals surface area contributed by atoms with Crippen LogP contribution in [0.2, 0.25) is 0 Å². The number of ketones is 1. The zero-order chi connectivity index (χ0) is 11.5. The minimum absolute atomic E-state index is 0.109. The summed E-state index contributed by atoms with van der Waals surface area (Å²) in [5.74, 6) is -0.909. The molecule has 0 atom stereocenters. The first-order valence-corrected chi connectivity index (χ1v) is 5.61. The maximum Gasteiger partial charge on any atom is 0.159 e.